The Morgan fingerprint density at radius 3 is 1.45 bits per heavy atom. The van der Waals surface area contributed by atoms with Gasteiger partial charge in [-0.05, 0) is 44.9 Å². The van der Waals surface area contributed by atoms with E-state index in [0.717, 1.165) is 51.4 Å². The van der Waals surface area contributed by atoms with Crippen molar-refractivity contribution in [1.82, 2.24) is 0 Å². The number of hydrogen-bond donors (Lipinski definition) is 4. The van der Waals surface area contributed by atoms with Crippen LogP contribution in [0.25, 0.3) is 0 Å². The molecule has 0 aromatic carbocycles. The summed E-state index contributed by atoms with van der Waals surface area (Å²) in [7, 11) is -5.06. The number of aliphatic hydroxyl groups excluding tert-OH is 3. The number of esters is 1. The third-order valence-corrected chi connectivity index (χ3v) is 13.3. The third-order valence-electron chi connectivity index (χ3n) is 12.8. The Kier molecular flexibility index (Phi) is 43.4. The van der Waals surface area contributed by atoms with Crippen LogP contribution < -0.4 is 0 Å². The summed E-state index contributed by atoms with van der Waals surface area (Å²) in [5.41, 5.74) is 0. The second-order valence-electron chi connectivity index (χ2n) is 19.2. The highest BCUT2D eigenvalue weighted by atomic mass is 32.3. The molecule has 1 saturated heterocycles. The first-order chi connectivity index (χ1) is 32.6. The molecule has 1 aliphatic rings. The smallest absolute Gasteiger partial charge is 0.397 e. The Balaban J connectivity index is 2.30. The van der Waals surface area contributed by atoms with Crippen molar-refractivity contribution in [2.45, 2.75) is 288 Å². The zero-order valence-electron chi connectivity index (χ0n) is 42.7. The molecule has 1 rings (SSSR count). The van der Waals surface area contributed by atoms with Gasteiger partial charge in [-0.1, -0.05) is 224 Å². The first-order valence-corrected chi connectivity index (χ1v) is 29.0. The Bertz CT molecular complexity index is 1260. The van der Waals surface area contributed by atoms with Crippen molar-refractivity contribution in [3.05, 3.63) is 24.3 Å². The first kappa shape index (κ1) is 63.6. The number of carbonyl (C=O) groups is 1. The lowest BCUT2D eigenvalue weighted by Crippen LogP contribution is -2.60. The predicted molar refractivity (Wildman–Crippen MR) is 271 cm³/mol. The molecule has 6 atom stereocenters. The van der Waals surface area contributed by atoms with E-state index in [9.17, 15) is 33.1 Å². The number of ether oxygens (including phenoxy) is 4. The fourth-order valence-corrected chi connectivity index (χ4v) is 9.16. The molecule has 0 radical (unpaired) electrons. The average molecular weight is 975 g/mol. The SMILES string of the molecule is CCCCC/C=C\C/C=C\CCCCCCCCCC(=O)OC(COCCCCCCCCCCCCCCCCCCCCCCCCC)COC1OC(CO)C(O)C(OS(=O)(=O)O)C1O. The van der Waals surface area contributed by atoms with Crippen LogP contribution in [0.3, 0.4) is 0 Å². The summed E-state index contributed by atoms with van der Waals surface area (Å²) in [6.07, 6.45) is 45.0. The highest BCUT2D eigenvalue weighted by molar-refractivity contribution is 7.80. The highest BCUT2D eigenvalue weighted by Crippen LogP contribution is 2.26. The van der Waals surface area contributed by atoms with Crippen molar-refractivity contribution in [2.24, 2.45) is 0 Å². The summed E-state index contributed by atoms with van der Waals surface area (Å²) < 4.78 is 59.3. The van der Waals surface area contributed by atoms with Gasteiger partial charge in [0.05, 0.1) is 19.8 Å². The monoisotopic (exact) mass is 975 g/mol. The minimum absolute atomic E-state index is 0.0375. The van der Waals surface area contributed by atoms with Crippen molar-refractivity contribution < 1.29 is 56.2 Å². The first-order valence-electron chi connectivity index (χ1n) is 27.6. The summed E-state index contributed by atoms with van der Waals surface area (Å²) >= 11 is 0. The second-order valence-corrected chi connectivity index (χ2v) is 20.2. The minimum Gasteiger partial charge on any atom is -0.457 e. The van der Waals surface area contributed by atoms with Crippen molar-refractivity contribution in [2.75, 3.05) is 26.4 Å². The van der Waals surface area contributed by atoms with Gasteiger partial charge in [-0.3, -0.25) is 9.35 Å². The van der Waals surface area contributed by atoms with Gasteiger partial charge < -0.3 is 34.3 Å². The normalized spacial score (nSPS) is 19.5. The lowest BCUT2D eigenvalue weighted by atomic mass is 9.99. The van der Waals surface area contributed by atoms with E-state index in [1.54, 1.807) is 0 Å². The number of aliphatic hydroxyl groups is 3. The molecule has 67 heavy (non-hydrogen) atoms. The number of hydrogen-bond acceptors (Lipinski definition) is 11. The van der Waals surface area contributed by atoms with Gasteiger partial charge in [0.2, 0.25) is 0 Å². The van der Waals surface area contributed by atoms with E-state index in [-0.39, 0.29) is 19.6 Å². The quantitative estimate of drug-likeness (QED) is 0.0197. The van der Waals surface area contributed by atoms with Crippen molar-refractivity contribution in [3.8, 4) is 0 Å². The Morgan fingerprint density at radius 2 is 0.985 bits per heavy atom. The molecule has 0 bridgehead atoms. The standard InChI is InChI=1S/C54H102O12S/c1-3-5-7-9-11-13-15-17-19-21-22-23-24-25-26-28-30-32-34-36-38-40-42-44-62-46-48(47-63-54-52(58)53(66-67(59,60)61)51(57)49(45-55)65-54)64-50(56)43-41-39-37-35-33-31-29-27-20-18-16-14-12-10-8-6-4-2/h12,14,18,20,48-49,51-55,57-58H,3-11,13,15-17,19,21-47H2,1-2H3,(H,59,60,61)/b14-12-,20-18-. The molecule has 0 aliphatic carbocycles. The van der Waals surface area contributed by atoms with E-state index in [0.29, 0.717) is 13.0 Å². The summed E-state index contributed by atoms with van der Waals surface area (Å²) in [6, 6.07) is 0. The molecule has 0 aromatic heterocycles. The maximum absolute atomic E-state index is 12.9. The van der Waals surface area contributed by atoms with Gasteiger partial charge in [0.25, 0.3) is 0 Å². The largest absolute Gasteiger partial charge is 0.457 e. The zero-order chi connectivity index (χ0) is 48.9. The molecular formula is C54H102O12S. The topological polar surface area (TPSA) is 178 Å². The number of unbranched alkanes of at least 4 members (excludes halogenated alkanes) is 32. The molecule has 4 N–H and O–H groups in total. The van der Waals surface area contributed by atoms with Gasteiger partial charge in [-0.15, -0.1) is 0 Å². The molecule has 6 unspecified atom stereocenters. The summed E-state index contributed by atoms with van der Waals surface area (Å²) in [5.74, 6) is -0.402. The molecule has 1 fully saturated rings. The van der Waals surface area contributed by atoms with Gasteiger partial charge >= 0.3 is 16.4 Å². The minimum atomic E-state index is -5.06. The fraction of sp³-hybridized carbons (Fsp3) is 0.907. The van der Waals surface area contributed by atoms with Crippen LogP contribution in [0.1, 0.15) is 251 Å². The lowest BCUT2D eigenvalue weighted by Gasteiger charge is -2.41. The molecular weight excluding hydrogens is 873 g/mol. The molecule has 0 spiro atoms. The van der Waals surface area contributed by atoms with Crippen molar-refractivity contribution >= 4 is 16.4 Å². The van der Waals surface area contributed by atoms with E-state index in [4.69, 9.17) is 18.9 Å². The Labute approximate surface area is 410 Å². The predicted octanol–water partition coefficient (Wildman–Crippen LogP) is 13.1. The van der Waals surface area contributed by atoms with Gasteiger partial charge in [0, 0.05) is 13.0 Å². The summed E-state index contributed by atoms with van der Waals surface area (Å²) in [6.45, 7) is 4.01. The van der Waals surface area contributed by atoms with E-state index in [1.165, 1.54) is 173 Å². The van der Waals surface area contributed by atoms with Crippen LogP contribution in [-0.2, 0) is 38.3 Å². The van der Waals surface area contributed by atoms with E-state index >= 15 is 0 Å². The zero-order valence-corrected chi connectivity index (χ0v) is 43.5. The summed E-state index contributed by atoms with van der Waals surface area (Å²) in [4.78, 5) is 12.9. The molecule has 1 aliphatic heterocycles. The van der Waals surface area contributed by atoms with Crippen LogP contribution >= 0.6 is 0 Å². The van der Waals surface area contributed by atoms with Crippen LogP contribution in [0.5, 0.6) is 0 Å². The maximum atomic E-state index is 12.9. The van der Waals surface area contributed by atoms with Crippen LogP contribution in [0.2, 0.25) is 0 Å². The van der Waals surface area contributed by atoms with E-state index < -0.39 is 59.8 Å². The molecule has 13 heteroatoms. The highest BCUT2D eigenvalue weighted by Gasteiger charge is 2.48. The van der Waals surface area contributed by atoms with Crippen LogP contribution in [0.4, 0.5) is 0 Å². The van der Waals surface area contributed by atoms with Crippen molar-refractivity contribution in [1.29, 1.82) is 0 Å². The van der Waals surface area contributed by atoms with Crippen LogP contribution in [0, 0.1) is 0 Å². The van der Waals surface area contributed by atoms with Crippen molar-refractivity contribution in [3.63, 3.8) is 0 Å². The Morgan fingerprint density at radius 1 is 0.567 bits per heavy atom. The van der Waals surface area contributed by atoms with E-state index in [2.05, 4.69) is 42.3 Å². The number of rotatable bonds is 49. The molecule has 12 nitrogen and oxygen atoms in total. The van der Waals surface area contributed by atoms with Crippen LogP contribution in [0.15, 0.2) is 24.3 Å². The van der Waals surface area contributed by atoms with Crippen LogP contribution in [-0.4, -0.2) is 97.5 Å². The van der Waals surface area contributed by atoms with Gasteiger partial charge in [0.15, 0.2) is 6.29 Å². The molecule has 396 valence electrons. The summed E-state index contributed by atoms with van der Waals surface area (Å²) in [5, 5.41) is 30.8. The average Bonchev–Trinajstić information content (AvgIpc) is 3.30. The molecule has 0 aromatic rings. The molecule has 0 amide bonds. The molecule has 0 saturated carbocycles. The number of allylic oxidation sites excluding steroid dienone is 4. The molecule has 1 heterocycles. The van der Waals surface area contributed by atoms with Gasteiger partial charge in [-0.25, -0.2) is 4.18 Å². The maximum Gasteiger partial charge on any atom is 0.397 e. The fourth-order valence-electron chi connectivity index (χ4n) is 8.65. The second kappa shape index (κ2) is 45.7. The lowest BCUT2D eigenvalue weighted by molar-refractivity contribution is -0.301. The third kappa shape index (κ3) is 39.0. The van der Waals surface area contributed by atoms with Gasteiger partial charge in [0.1, 0.15) is 30.5 Å². The van der Waals surface area contributed by atoms with E-state index in [1.807, 2.05) is 0 Å². The van der Waals surface area contributed by atoms with Gasteiger partial charge in [-0.2, -0.15) is 8.42 Å². The Hall–Kier alpha value is -1.42. The number of carbonyl (C=O) groups excluding carboxylic acids is 1.